The molecule has 0 aromatic heterocycles. The lowest BCUT2D eigenvalue weighted by molar-refractivity contribution is 0.623. The van der Waals surface area contributed by atoms with E-state index < -0.39 is 0 Å². The molecule has 1 rings (SSSR count). The Labute approximate surface area is 97.6 Å². The largest absolute Gasteiger partial charge is 0.311 e. The van der Waals surface area contributed by atoms with E-state index in [4.69, 9.17) is 5.26 Å². The fourth-order valence-corrected chi connectivity index (χ4v) is 1.35. The molecule has 0 aliphatic heterocycles. The van der Waals surface area contributed by atoms with Gasteiger partial charge in [-0.25, -0.2) is 0 Å². The number of nitrogens with one attached hydrogen (secondary N) is 1. The molecule has 2 heteroatoms. The topological polar surface area (TPSA) is 35.8 Å². The van der Waals surface area contributed by atoms with Gasteiger partial charge in [0, 0.05) is 12.6 Å². The van der Waals surface area contributed by atoms with E-state index in [1.807, 2.05) is 24.3 Å². The molecule has 16 heavy (non-hydrogen) atoms. The maximum absolute atomic E-state index is 8.68. The zero-order valence-electron chi connectivity index (χ0n) is 10.1. The first-order valence-corrected chi connectivity index (χ1v) is 5.52. The number of nitriles is 1. The van der Waals surface area contributed by atoms with Gasteiger partial charge in [-0.05, 0) is 24.6 Å². The first-order chi connectivity index (χ1) is 7.61. The molecule has 0 aliphatic carbocycles. The van der Waals surface area contributed by atoms with Crippen LogP contribution in [0.3, 0.4) is 0 Å². The van der Waals surface area contributed by atoms with E-state index in [0.717, 1.165) is 12.1 Å². The Kier molecular flexibility index (Phi) is 4.75. The Morgan fingerprint density at radius 1 is 1.38 bits per heavy atom. The van der Waals surface area contributed by atoms with Crippen molar-refractivity contribution in [3.63, 3.8) is 0 Å². The van der Waals surface area contributed by atoms with Gasteiger partial charge in [0.05, 0.1) is 11.6 Å². The predicted octanol–water partition coefficient (Wildman–Crippen LogP) is 2.96. The second kappa shape index (κ2) is 6.09. The van der Waals surface area contributed by atoms with Crippen LogP contribution >= 0.6 is 0 Å². The molecule has 2 nitrogen and oxygen atoms in total. The van der Waals surface area contributed by atoms with Crippen LogP contribution in [0.1, 0.15) is 31.9 Å². The molecule has 0 bridgehead atoms. The molecular weight excluding hydrogens is 196 g/mol. The first kappa shape index (κ1) is 12.5. The summed E-state index contributed by atoms with van der Waals surface area (Å²) in [6.45, 7) is 7.27. The van der Waals surface area contributed by atoms with E-state index in [1.54, 1.807) is 0 Å². The summed E-state index contributed by atoms with van der Waals surface area (Å²) in [5, 5.41) is 12.0. The van der Waals surface area contributed by atoms with E-state index in [9.17, 15) is 0 Å². The third-order valence-corrected chi connectivity index (χ3v) is 2.24. The minimum atomic E-state index is 0.504. The minimum absolute atomic E-state index is 0.504. The van der Waals surface area contributed by atoms with Crippen LogP contribution in [0, 0.1) is 11.3 Å². The fourth-order valence-electron chi connectivity index (χ4n) is 1.35. The van der Waals surface area contributed by atoms with Crippen LogP contribution in [0.4, 0.5) is 0 Å². The minimum Gasteiger partial charge on any atom is -0.311 e. The van der Waals surface area contributed by atoms with Gasteiger partial charge in [0.2, 0.25) is 0 Å². The summed E-state index contributed by atoms with van der Waals surface area (Å²) in [7, 11) is 0. The van der Waals surface area contributed by atoms with Gasteiger partial charge >= 0.3 is 0 Å². The van der Waals surface area contributed by atoms with E-state index in [1.165, 1.54) is 5.57 Å². The molecule has 1 aromatic carbocycles. The zero-order valence-corrected chi connectivity index (χ0v) is 10.1. The van der Waals surface area contributed by atoms with Gasteiger partial charge < -0.3 is 5.32 Å². The molecule has 0 saturated carbocycles. The lowest BCUT2D eigenvalue weighted by Gasteiger charge is -2.08. The van der Waals surface area contributed by atoms with Crippen molar-refractivity contribution in [2.45, 2.75) is 26.8 Å². The predicted molar refractivity (Wildman–Crippen MR) is 67.9 cm³/mol. The second-order valence-corrected chi connectivity index (χ2v) is 4.26. The zero-order chi connectivity index (χ0) is 12.0. The molecule has 0 unspecified atom stereocenters. The molecule has 0 saturated heterocycles. The molecule has 0 aliphatic rings. The molecule has 0 fully saturated rings. The van der Waals surface area contributed by atoms with Crippen LogP contribution in [0.5, 0.6) is 0 Å². The fraction of sp³-hybridized carbons (Fsp3) is 0.357. The van der Waals surface area contributed by atoms with Crippen LogP contribution in [-0.4, -0.2) is 12.6 Å². The van der Waals surface area contributed by atoms with Gasteiger partial charge in [-0.15, -0.1) is 0 Å². The van der Waals surface area contributed by atoms with E-state index in [0.29, 0.717) is 11.6 Å². The monoisotopic (exact) mass is 214 g/mol. The Bertz CT molecular complexity index is 394. The summed E-state index contributed by atoms with van der Waals surface area (Å²) in [5.41, 5.74) is 3.13. The SMILES string of the molecule is CC(=Cc1ccc(C#N)cc1)CNC(C)C. The first-order valence-electron chi connectivity index (χ1n) is 5.52. The van der Waals surface area contributed by atoms with Crippen molar-refractivity contribution in [2.24, 2.45) is 0 Å². The summed E-state index contributed by atoms with van der Waals surface area (Å²) in [5.74, 6) is 0. The van der Waals surface area contributed by atoms with Crippen molar-refractivity contribution in [2.75, 3.05) is 6.54 Å². The van der Waals surface area contributed by atoms with Crippen molar-refractivity contribution in [3.05, 3.63) is 41.0 Å². The normalized spacial score (nSPS) is 11.6. The summed E-state index contributed by atoms with van der Waals surface area (Å²) >= 11 is 0. The Hall–Kier alpha value is -1.59. The van der Waals surface area contributed by atoms with Gasteiger partial charge in [-0.2, -0.15) is 5.26 Å². The molecule has 1 N–H and O–H groups in total. The van der Waals surface area contributed by atoms with Crippen LogP contribution in [0.25, 0.3) is 6.08 Å². The summed E-state index contributed by atoms with van der Waals surface area (Å²) < 4.78 is 0. The number of nitrogens with zero attached hydrogens (tertiary/aromatic N) is 1. The molecule has 1 aromatic rings. The molecule has 0 radical (unpaired) electrons. The maximum Gasteiger partial charge on any atom is 0.0991 e. The Balaban J connectivity index is 2.64. The van der Waals surface area contributed by atoms with Crippen molar-refractivity contribution >= 4 is 6.08 Å². The van der Waals surface area contributed by atoms with Crippen LogP contribution < -0.4 is 5.32 Å². The summed E-state index contributed by atoms with van der Waals surface area (Å²) in [6, 6.07) is 10.2. The standard InChI is InChI=1S/C14H18N2/c1-11(2)16-10-12(3)8-13-4-6-14(9-15)7-5-13/h4-8,11,16H,10H2,1-3H3. The van der Waals surface area contributed by atoms with E-state index in [2.05, 4.69) is 38.2 Å². The quantitative estimate of drug-likeness (QED) is 0.836. The summed E-state index contributed by atoms with van der Waals surface area (Å²) in [4.78, 5) is 0. The van der Waals surface area contributed by atoms with Gasteiger partial charge in [-0.3, -0.25) is 0 Å². The number of hydrogen-bond acceptors (Lipinski definition) is 2. The van der Waals surface area contributed by atoms with Crippen molar-refractivity contribution < 1.29 is 0 Å². The lowest BCUT2D eigenvalue weighted by Crippen LogP contribution is -2.24. The third-order valence-electron chi connectivity index (χ3n) is 2.24. The van der Waals surface area contributed by atoms with Gasteiger partial charge in [-0.1, -0.05) is 37.6 Å². The van der Waals surface area contributed by atoms with Crippen LogP contribution in [-0.2, 0) is 0 Å². The second-order valence-electron chi connectivity index (χ2n) is 4.26. The van der Waals surface area contributed by atoms with Crippen molar-refractivity contribution in [3.8, 4) is 6.07 Å². The Morgan fingerprint density at radius 2 is 2.00 bits per heavy atom. The average molecular weight is 214 g/mol. The highest BCUT2D eigenvalue weighted by molar-refractivity contribution is 5.54. The van der Waals surface area contributed by atoms with Crippen LogP contribution in [0.2, 0.25) is 0 Å². The lowest BCUT2D eigenvalue weighted by atomic mass is 10.1. The molecule has 0 heterocycles. The molecular formula is C14H18N2. The highest BCUT2D eigenvalue weighted by Crippen LogP contribution is 2.08. The smallest absolute Gasteiger partial charge is 0.0991 e. The van der Waals surface area contributed by atoms with Crippen molar-refractivity contribution in [1.82, 2.24) is 5.32 Å². The number of hydrogen-bond donors (Lipinski definition) is 1. The summed E-state index contributed by atoms with van der Waals surface area (Å²) in [6.07, 6.45) is 2.14. The molecule has 84 valence electrons. The molecule has 0 amide bonds. The van der Waals surface area contributed by atoms with E-state index in [-0.39, 0.29) is 0 Å². The number of rotatable bonds is 4. The number of benzene rings is 1. The van der Waals surface area contributed by atoms with Gasteiger partial charge in [0.1, 0.15) is 0 Å². The van der Waals surface area contributed by atoms with Gasteiger partial charge in [0.15, 0.2) is 0 Å². The highest BCUT2D eigenvalue weighted by atomic mass is 14.9. The Morgan fingerprint density at radius 3 is 2.50 bits per heavy atom. The van der Waals surface area contributed by atoms with Crippen LogP contribution in [0.15, 0.2) is 29.8 Å². The molecule has 0 spiro atoms. The van der Waals surface area contributed by atoms with Gasteiger partial charge in [0.25, 0.3) is 0 Å². The average Bonchev–Trinajstić information content (AvgIpc) is 2.27. The highest BCUT2D eigenvalue weighted by Gasteiger charge is 1.95. The maximum atomic E-state index is 8.68. The van der Waals surface area contributed by atoms with E-state index >= 15 is 0 Å². The third kappa shape index (κ3) is 4.29. The molecule has 0 atom stereocenters. The van der Waals surface area contributed by atoms with Crippen molar-refractivity contribution in [1.29, 1.82) is 5.26 Å².